The summed E-state index contributed by atoms with van der Waals surface area (Å²) in [5, 5.41) is 12.1. The van der Waals surface area contributed by atoms with Crippen molar-refractivity contribution in [3.8, 4) is 5.75 Å². The van der Waals surface area contributed by atoms with Crippen LogP contribution in [0.15, 0.2) is 66.3 Å². The predicted octanol–water partition coefficient (Wildman–Crippen LogP) is 4.57. The van der Waals surface area contributed by atoms with Crippen LogP contribution in [0, 0.1) is 5.82 Å². The SMILES string of the molecule is C=CCn1c(COc2ccccc2Cl)nnc1SCC(=O)Nc1ccc(F)cc1. The lowest BCUT2D eigenvalue weighted by atomic mass is 10.3. The van der Waals surface area contributed by atoms with Gasteiger partial charge in [0, 0.05) is 12.2 Å². The molecule has 0 aliphatic rings. The molecule has 29 heavy (non-hydrogen) atoms. The standard InChI is InChI=1S/C20H18ClFN4O2S/c1-2-11-26-18(12-28-17-6-4-3-5-16(17)21)24-25-20(26)29-13-19(27)23-15-9-7-14(22)8-10-15/h2-10H,1,11-13H2,(H,23,27). The molecule has 0 saturated heterocycles. The van der Waals surface area contributed by atoms with E-state index in [0.29, 0.717) is 34.0 Å². The summed E-state index contributed by atoms with van der Waals surface area (Å²) < 4.78 is 20.5. The van der Waals surface area contributed by atoms with Crippen LogP contribution < -0.4 is 10.1 Å². The Morgan fingerprint density at radius 1 is 1.24 bits per heavy atom. The van der Waals surface area contributed by atoms with E-state index >= 15 is 0 Å². The lowest BCUT2D eigenvalue weighted by molar-refractivity contribution is -0.113. The van der Waals surface area contributed by atoms with Crippen LogP contribution in [0.25, 0.3) is 0 Å². The van der Waals surface area contributed by atoms with Gasteiger partial charge in [0.2, 0.25) is 5.91 Å². The predicted molar refractivity (Wildman–Crippen MR) is 112 cm³/mol. The molecule has 0 aliphatic carbocycles. The molecule has 3 rings (SSSR count). The van der Waals surface area contributed by atoms with Crippen molar-refractivity contribution in [2.75, 3.05) is 11.1 Å². The van der Waals surface area contributed by atoms with E-state index in [2.05, 4.69) is 22.1 Å². The molecule has 6 nitrogen and oxygen atoms in total. The van der Waals surface area contributed by atoms with Gasteiger partial charge in [-0.3, -0.25) is 9.36 Å². The molecule has 0 atom stereocenters. The number of hydrogen-bond donors (Lipinski definition) is 1. The third-order valence-electron chi connectivity index (χ3n) is 3.76. The fraction of sp³-hybridized carbons (Fsp3) is 0.150. The first-order valence-electron chi connectivity index (χ1n) is 8.65. The van der Waals surface area contributed by atoms with Crippen LogP contribution in [0.2, 0.25) is 5.02 Å². The summed E-state index contributed by atoms with van der Waals surface area (Å²) >= 11 is 7.34. The van der Waals surface area contributed by atoms with E-state index in [9.17, 15) is 9.18 Å². The summed E-state index contributed by atoms with van der Waals surface area (Å²) in [6.07, 6.45) is 1.71. The molecule has 1 N–H and O–H groups in total. The van der Waals surface area contributed by atoms with Gasteiger partial charge in [0.15, 0.2) is 11.0 Å². The highest BCUT2D eigenvalue weighted by atomic mass is 35.5. The molecule has 1 aromatic heterocycles. The summed E-state index contributed by atoms with van der Waals surface area (Å²) in [6, 6.07) is 12.7. The zero-order chi connectivity index (χ0) is 20.6. The number of carbonyl (C=O) groups excluding carboxylic acids is 1. The summed E-state index contributed by atoms with van der Waals surface area (Å²) in [5.41, 5.74) is 0.526. The number of allylic oxidation sites excluding steroid dienone is 1. The average molecular weight is 433 g/mol. The Balaban J connectivity index is 1.61. The minimum atomic E-state index is -0.360. The molecular weight excluding hydrogens is 415 g/mol. The highest BCUT2D eigenvalue weighted by Crippen LogP contribution is 2.25. The minimum Gasteiger partial charge on any atom is -0.484 e. The van der Waals surface area contributed by atoms with E-state index in [-0.39, 0.29) is 24.1 Å². The first kappa shape index (κ1) is 20.9. The molecule has 0 bridgehead atoms. The number of nitrogens with one attached hydrogen (secondary N) is 1. The van der Waals surface area contributed by atoms with Crippen LogP contribution in [0.4, 0.5) is 10.1 Å². The van der Waals surface area contributed by atoms with E-state index in [4.69, 9.17) is 16.3 Å². The van der Waals surface area contributed by atoms with Gasteiger partial charge in [-0.25, -0.2) is 4.39 Å². The van der Waals surface area contributed by atoms with Crippen molar-refractivity contribution in [3.05, 3.63) is 77.9 Å². The number of anilines is 1. The normalized spacial score (nSPS) is 10.6. The van der Waals surface area contributed by atoms with Crippen molar-refractivity contribution in [2.24, 2.45) is 0 Å². The van der Waals surface area contributed by atoms with Crippen LogP contribution in [0.3, 0.4) is 0 Å². The fourth-order valence-electron chi connectivity index (χ4n) is 2.41. The van der Waals surface area contributed by atoms with Crippen LogP contribution in [0.5, 0.6) is 5.75 Å². The van der Waals surface area contributed by atoms with E-state index in [0.717, 1.165) is 0 Å². The summed E-state index contributed by atoms with van der Waals surface area (Å²) in [6.45, 7) is 4.39. The lowest BCUT2D eigenvalue weighted by Gasteiger charge is -2.10. The Morgan fingerprint density at radius 2 is 2.00 bits per heavy atom. The highest BCUT2D eigenvalue weighted by molar-refractivity contribution is 7.99. The Labute approximate surface area is 176 Å². The van der Waals surface area contributed by atoms with Crippen LogP contribution in [-0.2, 0) is 17.9 Å². The van der Waals surface area contributed by atoms with E-state index in [1.807, 2.05) is 16.7 Å². The highest BCUT2D eigenvalue weighted by Gasteiger charge is 2.14. The molecule has 9 heteroatoms. The number of hydrogen-bond acceptors (Lipinski definition) is 5. The van der Waals surface area contributed by atoms with Gasteiger partial charge in [-0.05, 0) is 36.4 Å². The third kappa shape index (κ3) is 5.82. The Hall–Kier alpha value is -2.84. The zero-order valence-electron chi connectivity index (χ0n) is 15.3. The minimum absolute atomic E-state index is 0.123. The molecular formula is C20H18ClFN4O2S. The molecule has 2 aromatic carbocycles. The molecule has 1 heterocycles. The first-order valence-corrected chi connectivity index (χ1v) is 10.0. The van der Waals surface area contributed by atoms with Crippen molar-refractivity contribution < 1.29 is 13.9 Å². The Bertz CT molecular complexity index is 994. The maximum absolute atomic E-state index is 12.9. The number of benzene rings is 2. The molecule has 0 fully saturated rings. The first-order chi connectivity index (χ1) is 14.1. The topological polar surface area (TPSA) is 69.0 Å². The van der Waals surface area contributed by atoms with Crippen molar-refractivity contribution in [1.82, 2.24) is 14.8 Å². The summed E-state index contributed by atoms with van der Waals surface area (Å²) in [7, 11) is 0. The maximum atomic E-state index is 12.9. The van der Waals surface area contributed by atoms with Crippen LogP contribution >= 0.6 is 23.4 Å². The number of nitrogens with zero attached hydrogens (tertiary/aromatic N) is 3. The molecule has 0 unspecified atom stereocenters. The number of aromatic nitrogens is 3. The van der Waals surface area contributed by atoms with Gasteiger partial charge >= 0.3 is 0 Å². The van der Waals surface area contributed by atoms with Gasteiger partial charge < -0.3 is 10.1 Å². The van der Waals surface area contributed by atoms with Gasteiger partial charge in [-0.2, -0.15) is 0 Å². The van der Waals surface area contributed by atoms with Crippen molar-refractivity contribution in [1.29, 1.82) is 0 Å². The third-order valence-corrected chi connectivity index (χ3v) is 5.04. The monoisotopic (exact) mass is 432 g/mol. The molecule has 0 radical (unpaired) electrons. The second-order valence-corrected chi connectivity index (χ2v) is 7.21. The summed E-state index contributed by atoms with van der Waals surface area (Å²) in [4.78, 5) is 12.2. The number of ether oxygens (including phenoxy) is 1. The van der Waals surface area contributed by atoms with Gasteiger partial charge in [0.05, 0.1) is 10.8 Å². The fourth-order valence-corrected chi connectivity index (χ4v) is 3.37. The maximum Gasteiger partial charge on any atom is 0.234 e. The number of carbonyl (C=O) groups is 1. The second kappa shape index (κ2) is 10.1. The largest absolute Gasteiger partial charge is 0.484 e. The number of para-hydroxylation sites is 1. The van der Waals surface area contributed by atoms with Gasteiger partial charge in [0.25, 0.3) is 0 Å². The van der Waals surface area contributed by atoms with E-state index in [1.165, 1.54) is 36.0 Å². The number of halogens is 2. The summed E-state index contributed by atoms with van der Waals surface area (Å²) in [5.74, 6) is 0.671. The second-order valence-electron chi connectivity index (χ2n) is 5.86. The number of thioether (sulfide) groups is 1. The number of rotatable bonds is 9. The smallest absolute Gasteiger partial charge is 0.234 e. The van der Waals surface area contributed by atoms with Crippen molar-refractivity contribution in [3.63, 3.8) is 0 Å². The Morgan fingerprint density at radius 3 is 2.72 bits per heavy atom. The van der Waals surface area contributed by atoms with Gasteiger partial charge in [0.1, 0.15) is 18.2 Å². The molecule has 0 spiro atoms. The van der Waals surface area contributed by atoms with Crippen LogP contribution in [-0.4, -0.2) is 26.4 Å². The van der Waals surface area contributed by atoms with Crippen molar-refractivity contribution in [2.45, 2.75) is 18.3 Å². The quantitative estimate of drug-likeness (QED) is 0.396. The van der Waals surface area contributed by atoms with E-state index < -0.39 is 0 Å². The van der Waals surface area contributed by atoms with Gasteiger partial charge in [-0.1, -0.05) is 41.6 Å². The molecule has 3 aromatic rings. The average Bonchev–Trinajstić information content (AvgIpc) is 3.09. The van der Waals surface area contributed by atoms with Gasteiger partial charge in [-0.15, -0.1) is 16.8 Å². The van der Waals surface area contributed by atoms with Crippen LogP contribution in [0.1, 0.15) is 5.82 Å². The van der Waals surface area contributed by atoms with E-state index in [1.54, 1.807) is 18.2 Å². The zero-order valence-corrected chi connectivity index (χ0v) is 16.9. The molecule has 1 amide bonds. The molecule has 150 valence electrons. The van der Waals surface area contributed by atoms with Crippen molar-refractivity contribution >= 4 is 35.0 Å². The lowest BCUT2D eigenvalue weighted by Crippen LogP contribution is -2.15. The molecule has 0 saturated carbocycles. The molecule has 0 aliphatic heterocycles. The Kier molecular flexibility index (Phi) is 7.26. The number of amides is 1.